The van der Waals surface area contributed by atoms with Crippen LogP contribution in [-0.2, 0) is 4.79 Å². The molecule has 0 saturated heterocycles. The van der Waals surface area contributed by atoms with Crippen LogP contribution in [-0.4, -0.2) is 28.2 Å². The Morgan fingerprint density at radius 3 is 2.46 bits per heavy atom. The van der Waals surface area contributed by atoms with E-state index in [4.69, 9.17) is 9.63 Å². The van der Waals surface area contributed by atoms with E-state index in [0.29, 0.717) is 31.4 Å². The van der Waals surface area contributed by atoms with Gasteiger partial charge in [0, 0.05) is 17.7 Å². The molecule has 1 aliphatic carbocycles. The average molecular weight is 328 g/mol. The SMILES string of the molecule is Cc1ccc(-c2cc(C(=O)NC3CCC(C(=O)O)CC3)on2)cc1. The van der Waals surface area contributed by atoms with Crippen LogP contribution >= 0.6 is 0 Å². The van der Waals surface area contributed by atoms with E-state index < -0.39 is 5.97 Å². The first kappa shape index (κ1) is 16.2. The van der Waals surface area contributed by atoms with Gasteiger partial charge in [-0.2, -0.15) is 0 Å². The third-order valence-electron chi connectivity index (χ3n) is 4.49. The number of carbonyl (C=O) groups excluding carboxylic acids is 1. The molecule has 1 aliphatic rings. The van der Waals surface area contributed by atoms with E-state index in [2.05, 4.69) is 10.5 Å². The van der Waals surface area contributed by atoms with E-state index in [9.17, 15) is 9.59 Å². The second-order valence-corrected chi connectivity index (χ2v) is 6.30. The third-order valence-corrected chi connectivity index (χ3v) is 4.49. The maximum atomic E-state index is 12.3. The number of aliphatic carboxylic acids is 1. The maximum Gasteiger partial charge on any atom is 0.306 e. The zero-order valence-electron chi connectivity index (χ0n) is 13.5. The Morgan fingerprint density at radius 2 is 1.83 bits per heavy atom. The number of carboxylic acids is 1. The molecule has 3 rings (SSSR count). The standard InChI is InChI=1S/C18H20N2O4/c1-11-2-4-12(5-3-11)15-10-16(24-20-15)17(21)19-14-8-6-13(7-9-14)18(22)23/h2-5,10,13-14H,6-9H2,1H3,(H,19,21)(H,22,23). The molecule has 6 heteroatoms. The number of hydrogen-bond acceptors (Lipinski definition) is 4. The van der Waals surface area contributed by atoms with Crippen LogP contribution in [0.25, 0.3) is 11.3 Å². The molecular formula is C18H20N2O4. The summed E-state index contributed by atoms with van der Waals surface area (Å²) in [7, 11) is 0. The van der Waals surface area contributed by atoms with Crippen molar-refractivity contribution in [1.29, 1.82) is 0 Å². The van der Waals surface area contributed by atoms with Crippen LogP contribution in [0.3, 0.4) is 0 Å². The fourth-order valence-corrected chi connectivity index (χ4v) is 2.98. The normalized spacial score (nSPS) is 20.5. The summed E-state index contributed by atoms with van der Waals surface area (Å²) in [5.41, 5.74) is 2.66. The fourth-order valence-electron chi connectivity index (χ4n) is 2.98. The van der Waals surface area contributed by atoms with Crippen LogP contribution in [0.1, 0.15) is 41.8 Å². The lowest BCUT2D eigenvalue weighted by Gasteiger charge is -2.26. The van der Waals surface area contributed by atoms with Gasteiger partial charge >= 0.3 is 5.97 Å². The molecule has 1 aromatic heterocycles. The van der Waals surface area contributed by atoms with E-state index in [1.165, 1.54) is 0 Å². The van der Waals surface area contributed by atoms with Crippen molar-refractivity contribution in [3.05, 3.63) is 41.7 Å². The molecular weight excluding hydrogens is 308 g/mol. The van der Waals surface area contributed by atoms with Gasteiger partial charge in [0.15, 0.2) is 0 Å². The molecule has 2 aromatic rings. The van der Waals surface area contributed by atoms with Gasteiger partial charge < -0.3 is 14.9 Å². The minimum absolute atomic E-state index is 0.0129. The molecule has 1 fully saturated rings. The van der Waals surface area contributed by atoms with Crippen LogP contribution in [0, 0.1) is 12.8 Å². The van der Waals surface area contributed by atoms with Crippen molar-refractivity contribution < 1.29 is 19.2 Å². The number of aryl methyl sites for hydroxylation is 1. The molecule has 0 bridgehead atoms. The number of hydrogen-bond donors (Lipinski definition) is 2. The highest BCUT2D eigenvalue weighted by Crippen LogP contribution is 2.25. The minimum Gasteiger partial charge on any atom is -0.481 e. The van der Waals surface area contributed by atoms with Crippen molar-refractivity contribution in [3.63, 3.8) is 0 Å². The Balaban J connectivity index is 1.60. The van der Waals surface area contributed by atoms with Crippen LogP contribution in [0.15, 0.2) is 34.9 Å². The van der Waals surface area contributed by atoms with Crippen molar-refractivity contribution in [2.24, 2.45) is 5.92 Å². The lowest BCUT2D eigenvalue weighted by molar-refractivity contribution is -0.142. The smallest absolute Gasteiger partial charge is 0.306 e. The molecule has 1 aromatic carbocycles. The molecule has 24 heavy (non-hydrogen) atoms. The first-order valence-corrected chi connectivity index (χ1v) is 8.10. The zero-order valence-corrected chi connectivity index (χ0v) is 13.5. The van der Waals surface area contributed by atoms with Gasteiger partial charge in [-0.25, -0.2) is 0 Å². The van der Waals surface area contributed by atoms with Gasteiger partial charge in [-0.05, 0) is 32.6 Å². The number of benzene rings is 1. The molecule has 126 valence electrons. The van der Waals surface area contributed by atoms with E-state index >= 15 is 0 Å². The maximum absolute atomic E-state index is 12.3. The highest BCUT2D eigenvalue weighted by molar-refractivity contribution is 5.92. The quantitative estimate of drug-likeness (QED) is 0.900. The van der Waals surface area contributed by atoms with Crippen LogP contribution < -0.4 is 5.32 Å². The second-order valence-electron chi connectivity index (χ2n) is 6.30. The van der Waals surface area contributed by atoms with E-state index in [1.807, 2.05) is 31.2 Å². The Bertz CT molecular complexity index is 728. The first-order chi connectivity index (χ1) is 11.5. The summed E-state index contributed by atoms with van der Waals surface area (Å²) < 4.78 is 5.16. The number of carboxylic acid groups (broad SMARTS) is 1. The number of aromatic nitrogens is 1. The summed E-state index contributed by atoms with van der Waals surface area (Å²) >= 11 is 0. The van der Waals surface area contributed by atoms with Crippen molar-refractivity contribution in [2.75, 3.05) is 0 Å². The van der Waals surface area contributed by atoms with Crippen molar-refractivity contribution in [1.82, 2.24) is 10.5 Å². The van der Waals surface area contributed by atoms with E-state index in [1.54, 1.807) is 6.07 Å². The van der Waals surface area contributed by atoms with Gasteiger partial charge in [0.05, 0.1) is 5.92 Å². The summed E-state index contributed by atoms with van der Waals surface area (Å²) in [4.78, 5) is 23.2. The number of carbonyl (C=O) groups is 2. The molecule has 2 N–H and O–H groups in total. The third kappa shape index (κ3) is 3.64. The van der Waals surface area contributed by atoms with E-state index in [-0.39, 0.29) is 23.6 Å². The lowest BCUT2D eigenvalue weighted by atomic mass is 9.86. The molecule has 6 nitrogen and oxygen atoms in total. The number of nitrogens with one attached hydrogen (secondary N) is 1. The summed E-state index contributed by atoms with van der Waals surface area (Å²) in [6.45, 7) is 2.00. The average Bonchev–Trinajstić information content (AvgIpc) is 3.06. The molecule has 1 saturated carbocycles. The van der Waals surface area contributed by atoms with Gasteiger partial charge in [0.1, 0.15) is 5.69 Å². The van der Waals surface area contributed by atoms with E-state index in [0.717, 1.165) is 11.1 Å². The van der Waals surface area contributed by atoms with Crippen molar-refractivity contribution in [3.8, 4) is 11.3 Å². The predicted molar refractivity (Wildman–Crippen MR) is 87.5 cm³/mol. The Hall–Kier alpha value is -2.63. The van der Waals surface area contributed by atoms with Crippen LogP contribution in [0.2, 0.25) is 0 Å². The number of nitrogens with zero attached hydrogens (tertiary/aromatic N) is 1. The largest absolute Gasteiger partial charge is 0.481 e. The van der Waals surface area contributed by atoms with Crippen LogP contribution in [0.5, 0.6) is 0 Å². The highest BCUT2D eigenvalue weighted by Gasteiger charge is 2.27. The highest BCUT2D eigenvalue weighted by atomic mass is 16.5. The zero-order chi connectivity index (χ0) is 17.1. The number of amides is 1. The summed E-state index contributed by atoms with van der Waals surface area (Å²) in [5.74, 6) is -1.18. The van der Waals surface area contributed by atoms with Gasteiger partial charge in [-0.3, -0.25) is 9.59 Å². The molecule has 0 atom stereocenters. The van der Waals surface area contributed by atoms with Crippen molar-refractivity contribution >= 4 is 11.9 Å². The molecule has 1 amide bonds. The summed E-state index contributed by atoms with van der Waals surface area (Å²) in [5, 5.41) is 15.9. The molecule has 0 radical (unpaired) electrons. The Labute approximate surface area is 139 Å². The molecule has 1 heterocycles. The van der Waals surface area contributed by atoms with Gasteiger partial charge in [0.2, 0.25) is 5.76 Å². The number of rotatable bonds is 4. The fraction of sp³-hybridized carbons (Fsp3) is 0.389. The summed E-state index contributed by atoms with van der Waals surface area (Å²) in [6.07, 6.45) is 2.51. The minimum atomic E-state index is -0.752. The van der Waals surface area contributed by atoms with Gasteiger partial charge in [-0.1, -0.05) is 35.0 Å². The predicted octanol–water partition coefficient (Wildman–Crippen LogP) is 3.02. The lowest BCUT2D eigenvalue weighted by Crippen LogP contribution is -2.38. The Kier molecular flexibility index (Phi) is 4.64. The van der Waals surface area contributed by atoms with Gasteiger partial charge in [-0.15, -0.1) is 0 Å². The van der Waals surface area contributed by atoms with Crippen molar-refractivity contribution in [2.45, 2.75) is 38.6 Å². The molecule has 0 spiro atoms. The first-order valence-electron chi connectivity index (χ1n) is 8.10. The monoisotopic (exact) mass is 328 g/mol. The summed E-state index contributed by atoms with van der Waals surface area (Å²) in [6, 6.07) is 9.43. The Morgan fingerprint density at radius 1 is 1.17 bits per heavy atom. The topological polar surface area (TPSA) is 92.4 Å². The van der Waals surface area contributed by atoms with Gasteiger partial charge in [0.25, 0.3) is 5.91 Å². The van der Waals surface area contributed by atoms with Crippen LogP contribution in [0.4, 0.5) is 0 Å². The second kappa shape index (κ2) is 6.86. The molecule has 0 aliphatic heterocycles. The molecule has 0 unspecified atom stereocenters.